The fourth-order valence-corrected chi connectivity index (χ4v) is 4.88. The minimum Gasteiger partial charge on any atom is -0.434 e. The molecule has 1 aliphatic heterocycles. The predicted octanol–water partition coefficient (Wildman–Crippen LogP) is 4.27. The summed E-state index contributed by atoms with van der Waals surface area (Å²) in [6.07, 6.45) is 1.48. The van der Waals surface area contributed by atoms with Gasteiger partial charge in [-0.1, -0.05) is 18.2 Å². The number of para-hydroxylation sites is 1. The van der Waals surface area contributed by atoms with E-state index in [1.54, 1.807) is 22.8 Å². The largest absolute Gasteiger partial charge is 0.434 e. The number of hydrogen-bond acceptors (Lipinski definition) is 6. The Hall–Kier alpha value is -3.44. The van der Waals surface area contributed by atoms with Gasteiger partial charge in [-0.05, 0) is 24.3 Å². The summed E-state index contributed by atoms with van der Waals surface area (Å²) in [6.45, 7) is -3.02. The van der Waals surface area contributed by atoms with Crippen molar-refractivity contribution in [1.82, 2.24) is 14.5 Å². The molecule has 4 aromatic rings. The van der Waals surface area contributed by atoms with Crippen LogP contribution in [0.5, 0.6) is 5.75 Å². The summed E-state index contributed by atoms with van der Waals surface area (Å²) in [4.78, 5) is 8.29. The number of aromatic nitrogens is 3. The highest BCUT2D eigenvalue weighted by Crippen LogP contribution is 2.44. The number of imidazole rings is 1. The smallest absolute Gasteiger partial charge is 0.387 e. The number of hydrogen-bond donors (Lipinski definition) is 1. The van der Waals surface area contributed by atoms with Crippen LogP contribution in [0.3, 0.4) is 0 Å². The van der Waals surface area contributed by atoms with Crippen LogP contribution in [0, 0.1) is 5.82 Å². The number of rotatable bonds is 5. The Labute approximate surface area is 192 Å². The topological polar surface area (TPSA) is 94.3 Å². The van der Waals surface area contributed by atoms with Gasteiger partial charge in [0.05, 0.1) is 17.1 Å². The zero-order chi connectivity index (χ0) is 24.2. The number of pyridine rings is 1. The number of halogens is 3. The summed E-state index contributed by atoms with van der Waals surface area (Å²) in [6, 6.07) is 11.2. The number of nitrogens with zero attached hydrogens (tertiary/aromatic N) is 3. The van der Waals surface area contributed by atoms with E-state index in [9.17, 15) is 26.7 Å². The quantitative estimate of drug-likeness (QED) is 0.450. The van der Waals surface area contributed by atoms with Crippen LogP contribution in [0.15, 0.2) is 59.8 Å². The third-order valence-electron chi connectivity index (χ3n) is 5.78. The van der Waals surface area contributed by atoms with Gasteiger partial charge < -0.3 is 14.4 Å². The maximum atomic E-state index is 15.0. The molecule has 1 N–H and O–H groups in total. The van der Waals surface area contributed by atoms with Gasteiger partial charge in [-0.15, -0.1) is 0 Å². The van der Waals surface area contributed by atoms with Crippen LogP contribution >= 0.6 is 0 Å². The fourth-order valence-electron chi connectivity index (χ4n) is 4.32. The minimum absolute atomic E-state index is 0.0210. The van der Waals surface area contributed by atoms with Crippen LogP contribution in [0.1, 0.15) is 30.0 Å². The lowest BCUT2D eigenvalue weighted by Gasteiger charge is -2.19. The normalized spacial score (nSPS) is 17.9. The van der Waals surface area contributed by atoms with E-state index in [0.717, 1.165) is 6.26 Å². The molecule has 2 aromatic heterocycles. The van der Waals surface area contributed by atoms with E-state index in [1.165, 1.54) is 36.5 Å². The van der Waals surface area contributed by atoms with Crippen molar-refractivity contribution in [3.8, 4) is 16.9 Å². The van der Waals surface area contributed by atoms with Gasteiger partial charge in [0, 0.05) is 41.6 Å². The standard InChI is InChI=1S/C23H18F3N3O4S/c1-34(31,32)21-7-6-12(11-27-21)14-8-18-16(9-15(14)24)28-22-19(30)10-17(29(18)22)13-4-2-3-5-20(13)33-23(25)26/h2-9,11,17,19,23,30H,10H2,1H3/t17-,19-/m1/s1. The molecule has 2 aromatic carbocycles. The van der Waals surface area contributed by atoms with Gasteiger partial charge >= 0.3 is 6.61 Å². The molecule has 3 heterocycles. The maximum absolute atomic E-state index is 15.0. The second kappa shape index (κ2) is 8.10. The first-order chi connectivity index (χ1) is 16.1. The Kier molecular flexibility index (Phi) is 5.33. The van der Waals surface area contributed by atoms with E-state index in [-0.39, 0.29) is 34.1 Å². The van der Waals surface area contributed by atoms with E-state index < -0.39 is 34.4 Å². The van der Waals surface area contributed by atoms with Gasteiger partial charge in [0.25, 0.3) is 0 Å². The average Bonchev–Trinajstić information content (AvgIpc) is 3.29. The Morgan fingerprint density at radius 3 is 2.62 bits per heavy atom. The molecule has 0 spiro atoms. The van der Waals surface area contributed by atoms with Crippen LogP contribution in [0.2, 0.25) is 0 Å². The average molecular weight is 489 g/mol. The first-order valence-electron chi connectivity index (χ1n) is 10.2. The summed E-state index contributed by atoms with van der Waals surface area (Å²) in [5.41, 5.74) is 1.70. The molecule has 0 saturated heterocycles. The molecular formula is C23H18F3N3O4S. The Balaban J connectivity index is 1.65. The first kappa shape index (κ1) is 22.4. The monoisotopic (exact) mass is 489 g/mol. The van der Waals surface area contributed by atoms with Crippen LogP contribution in [-0.4, -0.2) is 40.9 Å². The maximum Gasteiger partial charge on any atom is 0.387 e. The zero-order valence-corrected chi connectivity index (χ0v) is 18.5. The van der Waals surface area contributed by atoms with Gasteiger partial charge in [0.1, 0.15) is 23.5 Å². The van der Waals surface area contributed by atoms with Crippen LogP contribution in [0.4, 0.5) is 13.2 Å². The molecule has 5 rings (SSSR count). The Morgan fingerprint density at radius 1 is 1.18 bits per heavy atom. The lowest BCUT2D eigenvalue weighted by molar-refractivity contribution is -0.0507. The number of aliphatic hydroxyl groups excluding tert-OH is 1. The summed E-state index contributed by atoms with van der Waals surface area (Å²) >= 11 is 0. The van der Waals surface area contributed by atoms with Crippen molar-refractivity contribution in [1.29, 1.82) is 0 Å². The van der Waals surface area contributed by atoms with Gasteiger partial charge in [-0.25, -0.2) is 22.8 Å². The number of ether oxygens (including phenoxy) is 1. The SMILES string of the molecule is CS(=O)(=O)c1ccc(-c2cc3c(cc2F)nc2n3[C@@H](c3ccccc3OC(F)F)C[C@H]2O)cn1. The van der Waals surface area contributed by atoms with Crippen molar-refractivity contribution in [3.63, 3.8) is 0 Å². The molecule has 0 radical (unpaired) electrons. The van der Waals surface area contributed by atoms with Gasteiger partial charge in [0.2, 0.25) is 0 Å². The van der Waals surface area contributed by atoms with E-state index in [0.29, 0.717) is 16.6 Å². The molecule has 0 fully saturated rings. The molecular weight excluding hydrogens is 471 g/mol. The van der Waals surface area contributed by atoms with E-state index >= 15 is 0 Å². The Morgan fingerprint density at radius 2 is 1.94 bits per heavy atom. The highest BCUT2D eigenvalue weighted by Gasteiger charge is 2.36. The highest BCUT2D eigenvalue weighted by atomic mass is 32.2. The number of fused-ring (bicyclic) bond motifs is 3. The summed E-state index contributed by atoms with van der Waals surface area (Å²) < 4.78 is 70.6. The molecule has 0 saturated carbocycles. The molecule has 11 heteroatoms. The third kappa shape index (κ3) is 3.80. The number of aliphatic hydroxyl groups is 1. The van der Waals surface area contributed by atoms with Gasteiger partial charge in [-0.3, -0.25) is 0 Å². The molecule has 0 unspecified atom stereocenters. The lowest BCUT2D eigenvalue weighted by atomic mass is 10.0. The molecule has 176 valence electrons. The van der Waals surface area contributed by atoms with Crippen LogP contribution < -0.4 is 4.74 Å². The fraction of sp³-hybridized carbons (Fsp3) is 0.217. The lowest BCUT2D eigenvalue weighted by Crippen LogP contribution is -2.10. The molecule has 0 aliphatic carbocycles. The van der Waals surface area contributed by atoms with E-state index in [2.05, 4.69) is 14.7 Å². The first-order valence-corrected chi connectivity index (χ1v) is 12.1. The molecule has 0 bridgehead atoms. The summed E-state index contributed by atoms with van der Waals surface area (Å²) in [7, 11) is -3.51. The summed E-state index contributed by atoms with van der Waals surface area (Å²) in [5.74, 6) is -0.341. The van der Waals surface area contributed by atoms with Crippen molar-refractivity contribution in [2.24, 2.45) is 0 Å². The molecule has 34 heavy (non-hydrogen) atoms. The van der Waals surface area contributed by atoms with Crippen LogP contribution in [-0.2, 0) is 9.84 Å². The number of sulfone groups is 1. The van der Waals surface area contributed by atoms with Crippen molar-refractivity contribution < 1.29 is 31.4 Å². The molecule has 1 aliphatic rings. The van der Waals surface area contributed by atoms with Gasteiger partial charge in [0.15, 0.2) is 14.9 Å². The number of alkyl halides is 2. The molecule has 0 amide bonds. The zero-order valence-electron chi connectivity index (χ0n) is 17.7. The van der Waals surface area contributed by atoms with Crippen LogP contribution in [0.25, 0.3) is 22.2 Å². The minimum atomic E-state index is -3.51. The van der Waals surface area contributed by atoms with Crippen molar-refractivity contribution in [3.05, 3.63) is 71.9 Å². The molecule has 7 nitrogen and oxygen atoms in total. The Bertz CT molecular complexity index is 1500. The third-order valence-corrected chi connectivity index (χ3v) is 6.78. The van der Waals surface area contributed by atoms with E-state index in [4.69, 9.17) is 0 Å². The van der Waals surface area contributed by atoms with Crippen molar-refractivity contribution in [2.45, 2.75) is 30.2 Å². The highest BCUT2D eigenvalue weighted by molar-refractivity contribution is 7.90. The second-order valence-electron chi connectivity index (χ2n) is 8.00. The predicted molar refractivity (Wildman–Crippen MR) is 117 cm³/mol. The summed E-state index contributed by atoms with van der Waals surface area (Å²) in [5, 5.41) is 10.5. The number of benzene rings is 2. The van der Waals surface area contributed by atoms with Gasteiger partial charge in [-0.2, -0.15) is 8.78 Å². The van der Waals surface area contributed by atoms with Crippen molar-refractivity contribution in [2.75, 3.05) is 6.26 Å². The molecule has 2 atom stereocenters. The van der Waals surface area contributed by atoms with E-state index in [1.807, 2.05) is 0 Å². The second-order valence-corrected chi connectivity index (χ2v) is 9.96. The van der Waals surface area contributed by atoms with Crippen molar-refractivity contribution >= 4 is 20.9 Å².